The summed E-state index contributed by atoms with van der Waals surface area (Å²) in [4.78, 5) is 22.9. The van der Waals surface area contributed by atoms with E-state index in [1.807, 2.05) is 13.8 Å². The summed E-state index contributed by atoms with van der Waals surface area (Å²) in [5, 5.41) is 11.2. The maximum Gasteiger partial charge on any atom is 0.325 e. The zero-order valence-electron chi connectivity index (χ0n) is 12.7. The second kappa shape index (κ2) is 7.52. The highest BCUT2D eigenvalue weighted by molar-refractivity contribution is 5.99. The van der Waals surface area contributed by atoms with Gasteiger partial charge in [0.25, 0.3) is 5.91 Å². The Balaban J connectivity index is 2.98. The highest BCUT2D eigenvalue weighted by Crippen LogP contribution is 2.25. The van der Waals surface area contributed by atoms with Crippen molar-refractivity contribution in [2.45, 2.75) is 26.8 Å². The first-order valence-electron chi connectivity index (χ1n) is 6.69. The number of aliphatic carboxylic acids is 1. The molecule has 21 heavy (non-hydrogen) atoms. The monoisotopic (exact) mass is 295 g/mol. The lowest BCUT2D eigenvalue weighted by molar-refractivity contribution is -0.138. The molecule has 0 aliphatic carbocycles. The van der Waals surface area contributed by atoms with Gasteiger partial charge in [-0.15, -0.1) is 0 Å². The van der Waals surface area contributed by atoms with Gasteiger partial charge in [-0.25, -0.2) is 0 Å². The van der Waals surface area contributed by atoms with Crippen LogP contribution in [0.4, 0.5) is 0 Å². The zero-order chi connectivity index (χ0) is 16.0. The lowest BCUT2D eigenvalue weighted by Crippen LogP contribution is -2.38. The van der Waals surface area contributed by atoms with Crippen molar-refractivity contribution in [3.05, 3.63) is 23.8 Å². The number of carboxylic acid groups (broad SMARTS) is 1. The second-order valence-electron chi connectivity index (χ2n) is 5.10. The summed E-state index contributed by atoms with van der Waals surface area (Å²) in [5.41, 5.74) is 0.282. The van der Waals surface area contributed by atoms with Gasteiger partial charge in [0, 0.05) is 6.07 Å². The number of hydrogen-bond acceptors (Lipinski definition) is 4. The maximum atomic E-state index is 12.1. The van der Waals surface area contributed by atoms with Crippen molar-refractivity contribution in [3.63, 3.8) is 0 Å². The Kier molecular flexibility index (Phi) is 6.02. The van der Waals surface area contributed by atoms with Crippen molar-refractivity contribution in [1.29, 1.82) is 0 Å². The number of methoxy groups -OCH3 is 1. The molecule has 1 aromatic carbocycles. The molecule has 1 aromatic rings. The van der Waals surface area contributed by atoms with Crippen LogP contribution in [0.25, 0.3) is 0 Å². The van der Waals surface area contributed by atoms with Gasteiger partial charge in [0.05, 0.1) is 19.3 Å². The Morgan fingerprint density at radius 2 is 1.95 bits per heavy atom. The molecule has 0 aliphatic rings. The van der Waals surface area contributed by atoms with E-state index in [4.69, 9.17) is 14.6 Å². The van der Waals surface area contributed by atoms with E-state index in [0.29, 0.717) is 24.0 Å². The maximum absolute atomic E-state index is 12.1. The molecule has 1 amide bonds. The minimum absolute atomic E-state index is 0.282. The van der Waals surface area contributed by atoms with E-state index >= 15 is 0 Å². The predicted octanol–water partition coefficient (Wildman–Crippen LogP) is 1.93. The average Bonchev–Trinajstić information content (AvgIpc) is 2.44. The van der Waals surface area contributed by atoms with E-state index in [0.717, 1.165) is 0 Å². The van der Waals surface area contributed by atoms with Gasteiger partial charge in [-0.2, -0.15) is 0 Å². The van der Waals surface area contributed by atoms with Gasteiger partial charge in [-0.1, -0.05) is 13.8 Å². The fourth-order valence-electron chi connectivity index (χ4n) is 1.53. The smallest absolute Gasteiger partial charge is 0.325 e. The number of benzene rings is 1. The van der Waals surface area contributed by atoms with Gasteiger partial charge < -0.3 is 19.9 Å². The van der Waals surface area contributed by atoms with Crippen LogP contribution in [-0.4, -0.2) is 36.7 Å². The van der Waals surface area contributed by atoms with Crippen LogP contribution in [0.15, 0.2) is 18.2 Å². The Bertz CT molecular complexity index is 513. The molecule has 0 aliphatic heterocycles. The molecule has 1 atom stereocenters. The van der Waals surface area contributed by atoms with Gasteiger partial charge in [0.15, 0.2) is 0 Å². The molecule has 0 radical (unpaired) electrons. The van der Waals surface area contributed by atoms with E-state index in [-0.39, 0.29) is 5.56 Å². The Labute approximate surface area is 124 Å². The van der Waals surface area contributed by atoms with Crippen molar-refractivity contribution in [3.8, 4) is 11.5 Å². The Morgan fingerprint density at radius 3 is 2.48 bits per heavy atom. The van der Waals surface area contributed by atoms with Gasteiger partial charge >= 0.3 is 5.97 Å². The van der Waals surface area contributed by atoms with Gasteiger partial charge in [0.1, 0.15) is 17.5 Å². The third kappa shape index (κ3) is 4.98. The average molecular weight is 295 g/mol. The SMILES string of the molecule is COc1ccc(C(=O)N[C@@H](C)C(=O)O)c(OCC(C)C)c1. The lowest BCUT2D eigenvalue weighted by atomic mass is 10.1. The van der Waals surface area contributed by atoms with Crippen LogP contribution in [-0.2, 0) is 4.79 Å². The molecule has 0 saturated heterocycles. The van der Waals surface area contributed by atoms with Crippen molar-refractivity contribution >= 4 is 11.9 Å². The summed E-state index contributed by atoms with van der Waals surface area (Å²) in [5.74, 6) is -0.354. The number of carbonyl (C=O) groups excluding carboxylic acids is 1. The topological polar surface area (TPSA) is 84.9 Å². The van der Waals surface area contributed by atoms with Gasteiger partial charge in [-0.3, -0.25) is 9.59 Å². The molecule has 6 nitrogen and oxygen atoms in total. The molecule has 2 N–H and O–H groups in total. The molecule has 116 valence electrons. The fraction of sp³-hybridized carbons (Fsp3) is 0.467. The van der Waals surface area contributed by atoms with Crippen LogP contribution in [0.1, 0.15) is 31.1 Å². The van der Waals surface area contributed by atoms with Crippen LogP contribution < -0.4 is 14.8 Å². The van der Waals surface area contributed by atoms with Crippen LogP contribution in [0.5, 0.6) is 11.5 Å². The van der Waals surface area contributed by atoms with Crippen LogP contribution in [0.3, 0.4) is 0 Å². The van der Waals surface area contributed by atoms with Crippen molar-refractivity contribution in [2.75, 3.05) is 13.7 Å². The fourth-order valence-corrected chi connectivity index (χ4v) is 1.53. The number of ether oxygens (including phenoxy) is 2. The van der Waals surface area contributed by atoms with Gasteiger partial charge in [-0.05, 0) is 25.0 Å². The standard InChI is InChI=1S/C15H21NO5/c1-9(2)8-21-13-7-11(20-4)5-6-12(13)14(17)16-10(3)15(18)19/h5-7,9-10H,8H2,1-4H3,(H,16,17)(H,18,19)/t10-/m0/s1. The van der Waals surface area contributed by atoms with E-state index in [1.165, 1.54) is 14.0 Å². The molecule has 0 aromatic heterocycles. The third-order valence-electron chi connectivity index (χ3n) is 2.72. The van der Waals surface area contributed by atoms with Crippen molar-refractivity contribution in [2.24, 2.45) is 5.92 Å². The Morgan fingerprint density at radius 1 is 1.29 bits per heavy atom. The molecule has 6 heteroatoms. The van der Waals surface area contributed by atoms with Gasteiger partial charge in [0.2, 0.25) is 0 Å². The number of carboxylic acids is 1. The number of amides is 1. The van der Waals surface area contributed by atoms with Crippen molar-refractivity contribution < 1.29 is 24.2 Å². The highest BCUT2D eigenvalue weighted by Gasteiger charge is 2.19. The number of carbonyl (C=O) groups is 2. The van der Waals surface area contributed by atoms with E-state index in [1.54, 1.807) is 18.2 Å². The van der Waals surface area contributed by atoms with Crippen molar-refractivity contribution in [1.82, 2.24) is 5.32 Å². The summed E-state index contributed by atoms with van der Waals surface area (Å²) >= 11 is 0. The number of hydrogen-bond donors (Lipinski definition) is 2. The zero-order valence-corrected chi connectivity index (χ0v) is 12.7. The number of nitrogens with one attached hydrogen (secondary N) is 1. The van der Waals surface area contributed by atoms with E-state index in [2.05, 4.69) is 5.32 Å². The molecule has 0 saturated carbocycles. The molecule has 0 unspecified atom stereocenters. The van der Waals surface area contributed by atoms with E-state index in [9.17, 15) is 9.59 Å². The molecule has 0 heterocycles. The Hall–Kier alpha value is -2.24. The minimum Gasteiger partial charge on any atom is -0.497 e. The summed E-state index contributed by atoms with van der Waals surface area (Å²) in [6, 6.07) is 3.82. The van der Waals surface area contributed by atoms with Crippen LogP contribution in [0, 0.1) is 5.92 Å². The third-order valence-corrected chi connectivity index (χ3v) is 2.72. The summed E-state index contributed by atoms with van der Waals surface area (Å²) in [7, 11) is 1.52. The predicted molar refractivity (Wildman–Crippen MR) is 77.9 cm³/mol. The first kappa shape index (κ1) is 16.8. The second-order valence-corrected chi connectivity index (χ2v) is 5.10. The van der Waals surface area contributed by atoms with E-state index < -0.39 is 17.9 Å². The first-order chi connectivity index (χ1) is 9.85. The summed E-state index contributed by atoms with van der Waals surface area (Å²) in [6.45, 7) is 5.83. The molecular formula is C15H21NO5. The summed E-state index contributed by atoms with van der Waals surface area (Å²) in [6.07, 6.45) is 0. The molecular weight excluding hydrogens is 274 g/mol. The molecule has 1 rings (SSSR count). The minimum atomic E-state index is -1.10. The molecule has 0 fully saturated rings. The quantitative estimate of drug-likeness (QED) is 0.803. The summed E-state index contributed by atoms with van der Waals surface area (Å²) < 4.78 is 10.7. The molecule has 0 bridgehead atoms. The highest BCUT2D eigenvalue weighted by atomic mass is 16.5. The normalized spacial score (nSPS) is 11.9. The number of rotatable bonds is 7. The largest absolute Gasteiger partial charge is 0.497 e. The van der Waals surface area contributed by atoms with Crippen LogP contribution in [0.2, 0.25) is 0 Å². The lowest BCUT2D eigenvalue weighted by Gasteiger charge is -2.15. The first-order valence-corrected chi connectivity index (χ1v) is 6.69. The van der Waals surface area contributed by atoms with Crippen LogP contribution >= 0.6 is 0 Å². The molecule has 0 spiro atoms.